The van der Waals surface area contributed by atoms with E-state index >= 15 is 0 Å². The quantitative estimate of drug-likeness (QED) is 0.623. The zero-order valence-corrected chi connectivity index (χ0v) is 15.8. The Bertz CT molecular complexity index is 857. The molecule has 0 aliphatic heterocycles. The number of ether oxygens (including phenoxy) is 1. The van der Waals surface area contributed by atoms with E-state index in [0.29, 0.717) is 23.2 Å². The van der Waals surface area contributed by atoms with Crippen LogP contribution in [0.5, 0.6) is 5.75 Å². The molecule has 0 saturated carbocycles. The number of Topliss-reactive ketones (excluding diaryl/α,β-unsaturated/α-hetero) is 1. The predicted octanol–water partition coefficient (Wildman–Crippen LogP) is 4.33. The van der Waals surface area contributed by atoms with E-state index in [0.717, 1.165) is 12.1 Å². The summed E-state index contributed by atoms with van der Waals surface area (Å²) in [5.41, 5.74) is 1.36. The molecule has 9 heteroatoms. The van der Waals surface area contributed by atoms with Gasteiger partial charge in [-0.05, 0) is 36.8 Å². The summed E-state index contributed by atoms with van der Waals surface area (Å²) in [5.74, 6) is -0.824. The van der Waals surface area contributed by atoms with E-state index < -0.39 is 30.2 Å². The Labute approximate surface area is 165 Å². The molecule has 2 aromatic rings. The summed E-state index contributed by atoms with van der Waals surface area (Å²) in [4.78, 5) is 28.0. The highest BCUT2D eigenvalue weighted by atomic mass is 19.3. The van der Waals surface area contributed by atoms with Gasteiger partial charge in [0.25, 0.3) is 5.91 Å². The zero-order valence-electron chi connectivity index (χ0n) is 15.8. The largest absolute Gasteiger partial charge is 0.461 e. The number of halogens is 4. The Morgan fingerprint density at radius 1 is 1.17 bits per heavy atom. The fraction of sp³-hybridized carbons (Fsp3) is 0.350. The van der Waals surface area contributed by atoms with Gasteiger partial charge in [0.2, 0.25) is 0 Å². The van der Waals surface area contributed by atoms with Crippen LogP contribution in [-0.2, 0) is 11.2 Å². The maximum Gasteiger partial charge on any atom is 0.461 e. The number of nitrogens with one attached hydrogen (secondary N) is 1. The number of pyridine rings is 1. The second-order valence-corrected chi connectivity index (χ2v) is 6.33. The predicted molar refractivity (Wildman–Crippen MR) is 97.1 cm³/mol. The monoisotopic (exact) mass is 412 g/mol. The van der Waals surface area contributed by atoms with Crippen molar-refractivity contribution in [3.05, 3.63) is 59.4 Å². The highest BCUT2D eigenvalue weighted by Crippen LogP contribution is 2.28. The minimum absolute atomic E-state index is 0.00292. The summed E-state index contributed by atoms with van der Waals surface area (Å²) < 4.78 is 54.2. The molecule has 29 heavy (non-hydrogen) atoms. The first-order valence-electron chi connectivity index (χ1n) is 8.84. The van der Waals surface area contributed by atoms with Crippen molar-refractivity contribution in [1.29, 1.82) is 0 Å². The highest BCUT2D eigenvalue weighted by molar-refractivity contribution is 5.94. The van der Waals surface area contributed by atoms with Gasteiger partial charge in [-0.1, -0.05) is 19.1 Å². The molecule has 1 atom stereocenters. The zero-order chi connectivity index (χ0) is 21.6. The van der Waals surface area contributed by atoms with Crippen molar-refractivity contribution >= 4 is 11.7 Å². The van der Waals surface area contributed by atoms with Gasteiger partial charge in [-0.15, -0.1) is 0 Å². The van der Waals surface area contributed by atoms with Crippen LogP contribution in [0.3, 0.4) is 0 Å². The summed E-state index contributed by atoms with van der Waals surface area (Å²) in [7, 11) is 0. The van der Waals surface area contributed by atoms with Gasteiger partial charge in [0, 0.05) is 30.3 Å². The van der Waals surface area contributed by atoms with Crippen LogP contribution >= 0.6 is 0 Å². The van der Waals surface area contributed by atoms with Crippen molar-refractivity contribution in [2.24, 2.45) is 0 Å². The number of aromatic nitrogens is 1. The molecular formula is C20H20F4N2O3. The minimum atomic E-state index is -4.58. The third-order valence-corrected chi connectivity index (χ3v) is 4.09. The second-order valence-electron chi connectivity index (χ2n) is 6.33. The van der Waals surface area contributed by atoms with Crippen LogP contribution in [0.4, 0.5) is 17.6 Å². The average molecular weight is 412 g/mol. The van der Waals surface area contributed by atoms with E-state index in [4.69, 9.17) is 0 Å². The molecule has 0 bridgehead atoms. The van der Waals surface area contributed by atoms with Gasteiger partial charge in [-0.25, -0.2) is 0 Å². The molecule has 5 nitrogen and oxygen atoms in total. The molecule has 0 spiro atoms. The van der Waals surface area contributed by atoms with Crippen molar-refractivity contribution in [2.45, 2.75) is 45.3 Å². The van der Waals surface area contributed by atoms with E-state index in [9.17, 15) is 27.2 Å². The molecular weight excluding hydrogens is 392 g/mol. The van der Waals surface area contributed by atoms with Crippen molar-refractivity contribution < 1.29 is 31.9 Å². The van der Waals surface area contributed by atoms with Crippen LogP contribution in [0.25, 0.3) is 0 Å². The van der Waals surface area contributed by atoms with Crippen LogP contribution in [0.1, 0.15) is 47.9 Å². The summed E-state index contributed by atoms with van der Waals surface area (Å²) in [5, 5.41) is 2.73. The molecule has 1 heterocycles. The molecule has 1 unspecified atom stereocenters. The fourth-order valence-electron chi connectivity index (χ4n) is 2.43. The number of alkyl halides is 4. The second kappa shape index (κ2) is 9.49. The summed E-state index contributed by atoms with van der Waals surface area (Å²) in [6, 6.07) is 7.55. The van der Waals surface area contributed by atoms with Gasteiger partial charge in [0.05, 0.1) is 6.04 Å². The molecule has 0 radical (unpaired) electrons. The first kappa shape index (κ1) is 22.3. The lowest BCUT2D eigenvalue weighted by molar-refractivity contribution is -0.253. The van der Waals surface area contributed by atoms with Crippen molar-refractivity contribution in [3.63, 3.8) is 0 Å². The molecule has 0 aliphatic rings. The third-order valence-electron chi connectivity index (χ3n) is 4.09. The number of rotatable bonds is 9. The van der Waals surface area contributed by atoms with Crippen LogP contribution in [0.15, 0.2) is 42.6 Å². The number of nitrogens with zero attached hydrogens (tertiary/aromatic N) is 1. The molecule has 1 aromatic heterocycles. The number of hydrogen-bond acceptors (Lipinski definition) is 4. The summed E-state index contributed by atoms with van der Waals surface area (Å²) >= 11 is 0. The maximum absolute atomic E-state index is 12.9. The Morgan fingerprint density at radius 2 is 1.83 bits per heavy atom. The summed E-state index contributed by atoms with van der Waals surface area (Å²) in [6.45, 7) is 3.41. The minimum Gasteiger partial charge on any atom is -0.428 e. The Morgan fingerprint density at radius 3 is 2.41 bits per heavy atom. The van der Waals surface area contributed by atoms with Gasteiger partial charge in [-0.3, -0.25) is 14.6 Å². The van der Waals surface area contributed by atoms with Gasteiger partial charge in [0.1, 0.15) is 11.5 Å². The Kier molecular flexibility index (Phi) is 7.30. The normalized spacial score (nSPS) is 12.5. The van der Waals surface area contributed by atoms with Crippen LogP contribution < -0.4 is 10.1 Å². The van der Waals surface area contributed by atoms with E-state index in [1.165, 1.54) is 30.5 Å². The SMILES string of the molecule is CCC(=O)Cc1cc(C(=O)NC(C)c2ccc(OC(F)(F)C(F)F)cc2)ccn1. The number of carbonyl (C=O) groups is 2. The first-order valence-corrected chi connectivity index (χ1v) is 8.84. The molecule has 0 aliphatic carbocycles. The molecule has 156 valence electrons. The van der Waals surface area contributed by atoms with Gasteiger partial charge in [0.15, 0.2) is 0 Å². The lowest BCUT2D eigenvalue weighted by Crippen LogP contribution is -2.33. The topological polar surface area (TPSA) is 68.3 Å². The van der Waals surface area contributed by atoms with Crippen molar-refractivity contribution in [2.75, 3.05) is 0 Å². The van der Waals surface area contributed by atoms with Crippen LogP contribution in [0, 0.1) is 0 Å². The number of carbonyl (C=O) groups excluding carboxylic acids is 2. The summed E-state index contributed by atoms with van der Waals surface area (Å²) in [6.07, 6.45) is -6.58. The molecule has 1 N–H and O–H groups in total. The lowest BCUT2D eigenvalue weighted by Gasteiger charge is -2.18. The highest BCUT2D eigenvalue weighted by Gasteiger charge is 2.43. The standard InChI is InChI=1S/C20H20F4N2O3/c1-3-16(27)11-15-10-14(8-9-25-15)18(28)26-12(2)13-4-6-17(7-5-13)29-20(23,24)19(21)22/h4-10,12,19H,3,11H2,1-2H3,(H,26,28). The third kappa shape index (κ3) is 6.27. The number of amides is 1. The van der Waals surface area contributed by atoms with Gasteiger partial charge >= 0.3 is 12.5 Å². The molecule has 0 saturated heterocycles. The fourth-order valence-corrected chi connectivity index (χ4v) is 2.43. The van der Waals surface area contributed by atoms with Crippen LogP contribution in [-0.4, -0.2) is 29.2 Å². The van der Waals surface area contributed by atoms with E-state index in [1.807, 2.05) is 0 Å². The van der Waals surface area contributed by atoms with Gasteiger partial charge < -0.3 is 10.1 Å². The average Bonchev–Trinajstić information content (AvgIpc) is 2.68. The van der Waals surface area contributed by atoms with E-state index in [2.05, 4.69) is 15.0 Å². The number of hydrogen-bond donors (Lipinski definition) is 1. The van der Waals surface area contributed by atoms with E-state index in [1.54, 1.807) is 13.8 Å². The molecule has 2 rings (SSSR count). The number of ketones is 1. The Balaban J connectivity index is 2.02. The maximum atomic E-state index is 12.9. The van der Waals surface area contributed by atoms with Gasteiger partial charge in [-0.2, -0.15) is 17.6 Å². The lowest BCUT2D eigenvalue weighted by atomic mass is 10.1. The van der Waals surface area contributed by atoms with E-state index in [-0.39, 0.29) is 12.2 Å². The Hall–Kier alpha value is -2.97. The molecule has 0 fully saturated rings. The molecule has 1 aromatic carbocycles. The molecule has 1 amide bonds. The smallest absolute Gasteiger partial charge is 0.428 e. The van der Waals surface area contributed by atoms with Crippen molar-refractivity contribution in [3.8, 4) is 5.75 Å². The van der Waals surface area contributed by atoms with Crippen LogP contribution in [0.2, 0.25) is 0 Å². The van der Waals surface area contributed by atoms with Crippen molar-refractivity contribution in [1.82, 2.24) is 10.3 Å². The first-order chi connectivity index (χ1) is 13.6. The number of benzene rings is 1.